The fraction of sp³-hybridized carbons (Fsp3) is 0.803. The molecule has 0 aliphatic heterocycles. The number of rotatable bonds is 57. The summed E-state index contributed by atoms with van der Waals surface area (Å²) in [5.74, 6) is -0.903. The second kappa shape index (κ2) is 60.7. The lowest BCUT2D eigenvalue weighted by Crippen LogP contribution is -2.30. The summed E-state index contributed by atoms with van der Waals surface area (Å²) in [6, 6.07) is 0. The molecular weight excluding hydrogens is 889 g/mol. The third kappa shape index (κ3) is 58.0. The molecule has 0 rings (SSSR count). The number of carbonyl (C=O) groups is 3. The second-order valence-electron chi connectivity index (χ2n) is 20.9. The Labute approximate surface area is 447 Å². The number of esters is 3. The Kier molecular flexibility index (Phi) is 58.2. The van der Waals surface area contributed by atoms with Gasteiger partial charge in [-0.25, -0.2) is 0 Å². The van der Waals surface area contributed by atoms with Crippen LogP contribution >= 0.6 is 0 Å². The van der Waals surface area contributed by atoms with Gasteiger partial charge in [0.15, 0.2) is 6.10 Å². The normalized spacial score (nSPS) is 12.4. The van der Waals surface area contributed by atoms with E-state index in [2.05, 4.69) is 81.5 Å². The lowest BCUT2D eigenvalue weighted by Gasteiger charge is -2.18. The van der Waals surface area contributed by atoms with Gasteiger partial charge in [0, 0.05) is 19.3 Å². The van der Waals surface area contributed by atoms with E-state index in [0.717, 1.165) is 103 Å². The molecule has 0 aromatic heterocycles. The van der Waals surface area contributed by atoms with Gasteiger partial charge in [-0.1, -0.05) is 281 Å². The Morgan fingerprint density at radius 2 is 0.542 bits per heavy atom. The minimum Gasteiger partial charge on any atom is -0.462 e. The van der Waals surface area contributed by atoms with Crippen LogP contribution in [0.2, 0.25) is 0 Å². The molecule has 0 fully saturated rings. The van der Waals surface area contributed by atoms with Gasteiger partial charge in [0.1, 0.15) is 13.2 Å². The Morgan fingerprint density at radius 1 is 0.292 bits per heavy atom. The fourth-order valence-electron chi connectivity index (χ4n) is 9.08. The lowest BCUT2D eigenvalue weighted by atomic mass is 10.0. The molecule has 6 heteroatoms. The highest BCUT2D eigenvalue weighted by atomic mass is 16.6. The van der Waals surface area contributed by atoms with Crippen LogP contribution in [0.15, 0.2) is 60.8 Å². The number of unbranched alkanes of at least 4 members (excludes halogenated alkanes) is 36. The molecule has 0 spiro atoms. The van der Waals surface area contributed by atoms with E-state index < -0.39 is 6.10 Å². The minimum absolute atomic E-state index is 0.0841. The summed E-state index contributed by atoms with van der Waals surface area (Å²) in [4.78, 5) is 38.2. The van der Waals surface area contributed by atoms with Crippen molar-refractivity contribution in [2.45, 2.75) is 329 Å². The van der Waals surface area contributed by atoms with Gasteiger partial charge >= 0.3 is 17.9 Å². The second-order valence-corrected chi connectivity index (χ2v) is 20.9. The van der Waals surface area contributed by atoms with Crippen molar-refractivity contribution in [1.82, 2.24) is 0 Å². The Hall–Kier alpha value is -2.89. The lowest BCUT2D eigenvalue weighted by molar-refractivity contribution is -0.167. The Bertz CT molecular complexity index is 1290. The topological polar surface area (TPSA) is 78.9 Å². The van der Waals surface area contributed by atoms with Crippen molar-refractivity contribution < 1.29 is 28.6 Å². The van der Waals surface area contributed by atoms with E-state index in [9.17, 15) is 14.4 Å². The molecule has 0 radical (unpaired) electrons. The number of hydrogen-bond donors (Lipinski definition) is 0. The summed E-state index contributed by atoms with van der Waals surface area (Å²) in [5.41, 5.74) is 0. The summed E-state index contributed by atoms with van der Waals surface area (Å²) in [7, 11) is 0. The van der Waals surface area contributed by atoms with Crippen LogP contribution in [0.25, 0.3) is 0 Å². The Morgan fingerprint density at radius 3 is 0.889 bits per heavy atom. The summed E-state index contributed by atoms with van der Waals surface area (Å²) >= 11 is 0. The first-order chi connectivity index (χ1) is 35.5. The van der Waals surface area contributed by atoms with Crippen LogP contribution in [0.5, 0.6) is 0 Å². The van der Waals surface area contributed by atoms with E-state index >= 15 is 0 Å². The van der Waals surface area contributed by atoms with Crippen molar-refractivity contribution in [2.24, 2.45) is 0 Å². The average molecular weight is 1010 g/mol. The summed E-state index contributed by atoms with van der Waals surface area (Å²) in [6.45, 7) is 6.52. The number of hydrogen-bond acceptors (Lipinski definition) is 6. The number of carbonyl (C=O) groups excluding carboxylic acids is 3. The molecule has 1 atom stereocenters. The molecule has 1 unspecified atom stereocenters. The minimum atomic E-state index is -0.789. The van der Waals surface area contributed by atoms with Crippen LogP contribution in [-0.2, 0) is 28.6 Å². The van der Waals surface area contributed by atoms with Gasteiger partial charge in [0.25, 0.3) is 0 Å². The van der Waals surface area contributed by atoms with Crippen molar-refractivity contribution in [1.29, 1.82) is 0 Å². The molecule has 0 aromatic carbocycles. The van der Waals surface area contributed by atoms with Crippen LogP contribution < -0.4 is 0 Å². The standard InChI is InChI=1S/C66H118O6/c1-4-7-10-13-16-19-22-25-27-29-30-31-32-33-34-35-36-38-39-41-44-47-50-53-56-59-65(68)71-62-63(61-70-64(67)58-55-52-49-46-43-24-21-18-15-12-9-6-3)72-66(69)60-57-54-51-48-45-42-40-37-28-26-23-20-17-14-11-8-5-2/h8,11,17-18,20-21,26,28,40,42,63H,4-7,9-10,12-16,19,22-25,27,29-39,41,43-62H2,1-3H3/b11-8-,20-17-,21-18-,28-26-,42-40-. The number of allylic oxidation sites excluding steroid dienone is 10. The van der Waals surface area contributed by atoms with Gasteiger partial charge in [0.2, 0.25) is 0 Å². The van der Waals surface area contributed by atoms with Crippen molar-refractivity contribution in [2.75, 3.05) is 13.2 Å². The summed E-state index contributed by atoms with van der Waals surface area (Å²) in [5, 5.41) is 0. The molecular formula is C66H118O6. The first-order valence-corrected chi connectivity index (χ1v) is 31.3. The molecule has 0 aliphatic rings. The van der Waals surface area contributed by atoms with E-state index in [1.807, 2.05) is 0 Å². The molecule has 418 valence electrons. The average Bonchev–Trinajstić information content (AvgIpc) is 3.38. The maximum absolute atomic E-state index is 12.9. The predicted molar refractivity (Wildman–Crippen MR) is 312 cm³/mol. The van der Waals surface area contributed by atoms with Crippen LogP contribution in [-0.4, -0.2) is 37.2 Å². The van der Waals surface area contributed by atoms with Gasteiger partial charge in [-0.15, -0.1) is 0 Å². The van der Waals surface area contributed by atoms with Crippen LogP contribution in [0.3, 0.4) is 0 Å². The summed E-state index contributed by atoms with van der Waals surface area (Å²) in [6.07, 6.45) is 76.6. The van der Waals surface area contributed by atoms with Gasteiger partial charge in [-0.2, -0.15) is 0 Å². The van der Waals surface area contributed by atoms with Gasteiger partial charge in [0.05, 0.1) is 0 Å². The molecule has 6 nitrogen and oxygen atoms in total. The molecule has 0 aliphatic carbocycles. The molecule has 72 heavy (non-hydrogen) atoms. The fourth-order valence-corrected chi connectivity index (χ4v) is 9.08. The van der Waals surface area contributed by atoms with Gasteiger partial charge in [-0.3, -0.25) is 14.4 Å². The highest BCUT2D eigenvalue weighted by molar-refractivity contribution is 5.71. The SMILES string of the molecule is CC/C=C\C/C=C\C/C=C\C/C=C\CCCCCCC(=O)OC(COC(=O)CCCCCCC/C=C\CCCCC)COC(=O)CCCCCCCCCCCCCCCCCCCCCCCCCCC. The molecule has 0 saturated carbocycles. The highest BCUT2D eigenvalue weighted by Gasteiger charge is 2.19. The van der Waals surface area contributed by atoms with E-state index in [1.54, 1.807) is 0 Å². The highest BCUT2D eigenvalue weighted by Crippen LogP contribution is 2.17. The molecule has 0 amide bonds. The van der Waals surface area contributed by atoms with Gasteiger partial charge < -0.3 is 14.2 Å². The molecule has 0 N–H and O–H groups in total. The van der Waals surface area contributed by atoms with Crippen molar-refractivity contribution in [3.8, 4) is 0 Å². The van der Waals surface area contributed by atoms with Crippen molar-refractivity contribution in [3.05, 3.63) is 60.8 Å². The maximum Gasteiger partial charge on any atom is 0.306 e. The quantitative estimate of drug-likeness (QED) is 0.0261. The van der Waals surface area contributed by atoms with E-state index in [-0.39, 0.29) is 31.1 Å². The molecule has 0 saturated heterocycles. The van der Waals surface area contributed by atoms with E-state index in [1.165, 1.54) is 180 Å². The third-order valence-electron chi connectivity index (χ3n) is 13.8. The molecule has 0 bridgehead atoms. The predicted octanol–water partition coefficient (Wildman–Crippen LogP) is 21.2. The smallest absolute Gasteiger partial charge is 0.306 e. The summed E-state index contributed by atoms with van der Waals surface area (Å²) < 4.78 is 16.9. The number of ether oxygens (including phenoxy) is 3. The maximum atomic E-state index is 12.9. The van der Waals surface area contributed by atoms with Crippen LogP contribution in [0.4, 0.5) is 0 Å². The van der Waals surface area contributed by atoms with E-state index in [4.69, 9.17) is 14.2 Å². The first kappa shape index (κ1) is 69.1. The van der Waals surface area contributed by atoms with Gasteiger partial charge in [-0.05, 0) is 83.5 Å². The Balaban J connectivity index is 4.26. The van der Waals surface area contributed by atoms with Crippen LogP contribution in [0.1, 0.15) is 323 Å². The van der Waals surface area contributed by atoms with Crippen LogP contribution in [0, 0.1) is 0 Å². The van der Waals surface area contributed by atoms with Crippen molar-refractivity contribution >= 4 is 17.9 Å². The van der Waals surface area contributed by atoms with Crippen molar-refractivity contribution in [3.63, 3.8) is 0 Å². The zero-order valence-electron chi connectivity index (χ0n) is 47.9. The molecule has 0 heterocycles. The first-order valence-electron chi connectivity index (χ1n) is 31.3. The largest absolute Gasteiger partial charge is 0.462 e. The monoisotopic (exact) mass is 1010 g/mol. The van der Waals surface area contributed by atoms with E-state index in [0.29, 0.717) is 19.3 Å². The molecule has 0 aromatic rings. The zero-order valence-corrected chi connectivity index (χ0v) is 47.9. The zero-order chi connectivity index (χ0) is 52.2. The third-order valence-corrected chi connectivity index (χ3v) is 13.8.